The SMILES string of the molecule is CCc1nn(C2CCCC2)c2cc(C3=NOC(C(=O)OC)C3)ccc12. The molecule has 2 heterocycles. The van der Waals surface area contributed by atoms with Crippen molar-refractivity contribution in [2.24, 2.45) is 5.16 Å². The molecule has 6 heteroatoms. The van der Waals surface area contributed by atoms with Gasteiger partial charge in [0.15, 0.2) is 0 Å². The van der Waals surface area contributed by atoms with Crippen LogP contribution in [-0.2, 0) is 20.8 Å². The highest BCUT2D eigenvalue weighted by Crippen LogP contribution is 2.33. The Labute approximate surface area is 146 Å². The van der Waals surface area contributed by atoms with Crippen LogP contribution >= 0.6 is 0 Å². The van der Waals surface area contributed by atoms with E-state index >= 15 is 0 Å². The molecule has 4 rings (SSSR count). The van der Waals surface area contributed by atoms with Crippen LogP contribution < -0.4 is 0 Å². The topological polar surface area (TPSA) is 65.7 Å². The van der Waals surface area contributed by atoms with Gasteiger partial charge in [0.25, 0.3) is 0 Å². The van der Waals surface area contributed by atoms with E-state index < -0.39 is 6.10 Å². The van der Waals surface area contributed by atoms with Gasteiger partial charge in [-0.2, -0.15) is 5.10 Å². The lowest BCUT2D eigenvalue weighted by molar-refractivity contribution is -0.152. The molecule has 6 nitrogen and oxygen atoms in total. The Kier molecular flexibility index (Phi) is 4.19. The number of aromatic nitrogens is 2. The highest BCUT2D eigenvalue weighted by Gasteiger charge is 2.30. The molecule has 0 amide bonds. The minimum atomic E-state index is -0.637. The monoisotopic (exact) mass is 341 g/mol. The summed E-state index contributed by atoms with van der Waals surface area (Å²) in [7, 11) is 1.36. The molecule has 0 saturated heterocycles. The first-order valence-corrected chi connectivity index (χ1v) is 9.03. The Morgan fingerprint density at radius 2 is 2.16 bits per heavy atom. The molecule has 2 aromatic rings. The molecule has 2 aliphatic rings. The quantitative estimate of drug-likeness (QED) is 0.800. The van der Waals surface area contributed by atoms with Crippen LogP contribution in [0.2, 0.25) is 0 Å². The van der Waals surface area contributed by atoms with Crippen molar-refractivity contribution >= 4 is 22.6 Å². The van der Waals surface area contributed by atoms with Crippen molar-refractivity contribution in [1.82, 2.24) is 9.78 Å². The van der Waals surface area contributed by atoms with Gasteiger partial charge in [0.05, 0.1) is 30.1 Å². The average Bonchev–Trinajstić information content (AvgIpc) is 3.38. The number of fused-ring (bicyclic) bond motifs is 1. The van der Waals surface area contributed by atoms with E-state index in [2.05, 4.69) is 28.9 Å². The summed E-state index contributed by atoms with van der Waals surface area (Å²) in [5.74, 6) is -0.385. The standard InChI is InChI=1S/C19H23N3O3/c1-3-15-14-9-8-12(16-11-18(25-21-16)19(23)24-2)10-17(14)22(20-15)13-6-4-5-7-13/h8-10,13,18H,3-7,11H2,1-2H3. The number of carbonyl (C=O) groups is 1. The fourth-order valence-electron chi connectivity index (χ4n) is 3.88. The van der Waals surface area contributed by atoms with Crippen molar-refractivity contribution in [1.29, 1.82) is 0 Å². The molecule has 1 aliphatic heterocycles. The van der Waals surface area contributed by atoms with Crippen LogP contribution in [0.15, 0.2) is 23.4 Å². The highest BCUT2D eigenvalue weighted by atomic mass is 16.7. The van der Waals surface area contributed by atoms with Crippen molar-refractivity contribution in [3.63, 3.8) is 0 Å². The van der Waals surface area contributed by atoms with Crippen LogP contribution in [0.5, 0.6) is 0 Å². The maximum Gasteiger partial charge on any atom is 0.350 e. The van der Waals surface area contributed by atoms with Gasteiger partial charge in [0, 0.05) is 17.4 Å². The number of aryl methyl sites for hydroxylation is 1. The van der Waals surface area contributed by atoms with E-state index in [0.29, 0.717) is 12.5 Å². The molecule has 1 aliphatic carbocycles. The summed E-state index contributed by atoms with van der Waals surface area (Å²) in [6.07, 6.45) is 5.66. The molecule has 25 heavy (non-hydrogen) atoms. The maximum absolute atomic E-state index is 11.6. The third-order valence-corrected chi connectivity index (χ3v) is 5.26. The molecular weight excluding hydrogens is 318 g/mol. The number of ether oxygens (including phenoxy) is 1. The minimum Gasteiger partial charge on any atom is -0.466 e. The molecule has 1 fully saturated rings. The van der Waals surface area contributed by atoms with Crippen LogP contribution in [0.4, 0.5) is 0 Å². The summed E-state index contributed by atoms with van der Waals surface area (Å²) in [6, 6.07) is 6.80. The summed E-state index contributed by atoms with van der Waals surface area (Å²) in [5, 5.41) is 10.2. The third kappa shape index (κ3) is 2.79. The van der Waals surface area contributed by atoms with Gasteiger partial charge in [-0.05, 0) is 25.3 Å². The first kappa shape index (κ1) is 16.1. The fourth-order valence-corrected chi connectivity index (χ4v) is 3.88. The lowest BCUT2D eigenvalue weighted by Gasteiger charge is -2.11. The molecule has 0 N–H and O–H groups in total. The Morgan fingerprint density at radius 1 is 1.36 bits per heavy atom. The molecule has 1 aromatic carbocycles. The van der Waals surface area contributed by atoms with Gasteiger partial charge in [-0.25, -0.2) is 4.79 Å². The number of benzene rings is 1. The van der Waals surface area contributed by atoms with Crippen molar-refractivity contribution < 1.29 is 14.4 Å². The molecule has 1 saturated carbocycles. The van der Waals surface area contributed by atoms with E-state index in [9.17, 15) is 4.79 Å². The summed E-state index contributed by atoms with van der Waals surface area (Å²) < 4.78 is 6.95. The second-order valence-corrected chi connectivity index (χ2v) is 6.77. The zero-order valence-electron chi connectivity index (χ0n) is 14.7. The lowest BCUT2D eigenvalue weighted by Crippen LogP contribution is -2.22. The predicted octanol–water partition coefficient (Wildman–Crippen LogP) is 3.38. The number of oxime groups is 1. The van der Waals surface area contributed by atoms with E-state index in [1.54, 1.807) is 0 Å². The van der Waals surface area contributed by atoms with Crippen molar-refractivity contribution in [3.05, 3.63) is 29.5 Å². The van der Waals surface area contributed by atoms with Gasteiger partial charge in [0.2, 0.25) is 6.10 Å². The Morgan fingerprint density at radius 3 is 2.88 bits per heavy atom. The maximum atomic E-state index is 11.6. The smallest absolute Gasteiger partial charge is 0.350 e. The van der Waals surface area contributed by atoms with Crippen molar-refractivity contribution in [3.8, 4) is 0 Å². The average molecular weight is 341 g/mol. The molecule has 132 valence electrons. The van der Waals surface area contributed by atoms with Gasteiger partial charge in [-0.1, -0.05) is 37.1 Å². The number of hydrogen-bond acceptors (Lipinski definition) is 5. The van der Waals surface area contributed by atoms with Crippen LogP contribution in [0.1, 0.15) is 56.3 Å². The Balaban J connectivity index is 1.70. The second kappa shape index (κ2) is 6.50. The molecule has 0 bridgehead atoms. The number of rotatable bonds is 4. The molecule has 1 unspecified atom stereocenters. The van der Waals surface area contributed by atoms with Gasteiger partial charge in [0.1, 0.15) is 0 Å². The van der Waals surface area contributed by atoms with Crippen molar-refractivity contribution in [2.75, 3.05) is 7.11 Å². The molecule has 0 spiro atoms. The number of esters is 1. The summed E-state index contributed by atoms with van der Waals surface area (Å²) in [4.78, 5) is 16.9. The van der Waals surface area contributed by atoms with Gasteiger partial charge < -0.3 is 9.57 Å². The highest BCUT2D eigenvalue weighted by molar-refractivity contribution is 6.05. The normalized spacial score (nSPS) is 20.7. The van der Waals surface area contributed by atoms with Crippen LogP contribution in [0, 0.1) is 0 Å². The first-order chi connectivity index (χ1) is 12.2. The Bertz CT molecular complexity index is 834. The van der Waals surface area contributed by atoms with E-state index in [1.165, 1.54) is 38.2 Å². The number of nitrogens with zero attached hydrogens (tertiary/aromatic N) is 3. The fraction of sp³-hybridized carbons (Fsp3) is 0.526. The number of hydrogen-bond donors (Lipinski definition) is 0. The molecule has 1 aromatic heterocycles. The molecule has 0 radical (unpaired) electrons. The van der Waals surface area contributed by atoms with Crippen molar-refractivity contribution in [2.45, 2.75) is 57.6 Å². The van der Waals surface area contributed by atoms with Gasteiger partial charge >= 0.3 is 5.97 Å². The second-order valence-electron chi connectivity index (χ2n) is 6.77. The predicted molar refractivity (Wildman–Crippen MR) is 94.7 cm³/mol. The molecular formula is C19H23N3O3. The molecule has 1 atom stereocenters. The largest absolute Gasteiger partial charge is 0.466 e. The first-order valence-electron chi connectivity index (χ1n) is 9.03. The van der Waals surface area contributed by atoms with Crippen LogP contribution in [0.25, 0.3) is 10.9 Å². The van der Waals surface area contributed by atoms with Gasteiger partial charge in [-0.15, -0.1) is 0 Å². The zero-order chi connectivity index (χ0) is 17.4. The lowest BCUT2D eigenvalue weighted by atomic mass is 10.0. The van der Waals surface area contributed by atoms with E-state index in [-0.39, 0.29) is 5.97 Å². The number of methoxy groups -OCH3 is 1. The van der Waals surface area contributed by atoms with Gasteiger partial charge in [-0.3, -0.25) is 4.68 Å². The van der Waals surface area contributed by atoms with E-state index in [0.717, 1.165) is 28.9 Å². The van der Waals surface area contributed by atoms with E-state index in [1.807, 2.05) is 6.07 Å². The third-order valence-electron chi connectivity index (χ3n) is 5.26. The van der Waals surface area contributed by atoms with Crippen LogP contribution in [0.3, 0.4) is 0 Å². The summed E-state index contributed by atoms with van der Waals surface area (Å²) in [6.45, 7) is 2.14. The summed E-state index contributed by atoms with van der Waals surface area (Å²) >= 11 is 0. The Hall–Kier alpha value is -2.37. The zero-order valence-corrected chi connectivity index (χ0v) is 14.7. The van der Waals surface area contributed by atoms with Crippen LogP contribution in [-0.4, -0.2) is 34.7 Å². The number of carbonyl (C=O) groups excluding carboxylic acids is 1. The summed E-state index contributed by atoms with van der Waals surface area (Å²) in [5.41, 5.74) is 4.08. The van der Waals surface area contributed by atoms with E-state index in [4.69, 9.17) is 14.7 Å². The minimum absolute atomic E-state index is 0.385.